The number of benzene rings is 2. The third-order valence-corrected chi connectivity index (χ3v) is 4.51. The summed E-state index contributed by atoms with van der Waals surface area (Å²) >= 11 is 18.2. The van der Waals surface area contributed by atoms with Crippen LogP contribution in [0.4, 0.5) is 0 Å². The maximum Gasteiger partial charge on any atom is 0.397 e. The fourth-order valence-corrected chi connectivity index (χ4v) is 3.20. The van der Waals surface area contributed by atoms with Crippen molar-refractivity contribution in [3.05, 3.63) is 59.7 Å². The Hall–Kier alpha value is -1.95. The molecule has 0 aromatic heterocycles. The predicted octanol–water partition coefficient (Wildman–Crippen LogP) is 3.78. The van der Waals surface area contributed by atoms with Gasteiger partial charge in [-0.25, -0.2) is 0 Å². The van der Waals surface area contributed by atoms with Crippen molar-refractivity contribution in [3.63, 3.8) is 0 Å². The molecule has 4 rings (SSSR count). The van der Waals surface area contributed by atoms with Crippen molar-refractivity contribution in [3.8, 4) is 11.5 Å². The van der Waals surface area contributed by atoms with Gasteiger partial charge >= 0.3 is 5.91 Å². The smallest absolute Gasteiger partial charge is 0.397 e. The Kier molecular flexibility index (Phi) is 3.26. The maximum absolute atomic E-state index is 12.9. The average molecular weight is 385 g/mol. The van der Waals surface area contributed by atoms with Crippen LogP contribution in [0.25, 0.3) is 0 Å². The second kappa shape index (κ2) is 5.02. The van der Waals surface area contributed by atoms with Gasteiger partial charge in [0.05, 0.1) is 11.1 Å². The third-order valence-electron chi connectivity index (χ3n) is 3.79. The summed E-state index contributed by atoms with van der Waals surface area (Å²) in [5.41, 5.74) is 0.359. The SMILES string of the molecule is O=C1c2ccccc2OC2(C(Cl)(Cl)Cl)Oc3ccccc3C(=O)N12. The molecule has 2 aliphatic rings. The number of hydrogen-bond acceptors (Lipinski definition) is 4. The summed E-state index contributed by atoms with van der Waals surface area (Å²) in [6, 6.07) is 12.7. The second-order valence-corrected chi connectivity index (χ2v) is 7.50. The van der Waals surface area contributed by atoms with Crippen molar-refractivity contribution in [2.45, 2.75) is 9.70 Å². The van der Waals surface area contributed by atoms with Crippen LogP contribution in [0, 0.1) is 0 Å². The van der Waals surface area contributed by atoms with Gasteiger partial charge in [-0.3, -0.25) is 9.59 Å². The average Bonchev–Trinajstić information content (AvgIpc) is 2.54. The fourth-order valence-electron chi connectivity index (χ4n) is 2.72. The van der Waals surface area contributed by atoms with Gasteiger partial charge < -0.3 is 9.47 Å². The van der Waals surface area contributed by atoms with Crippen molar-refractivity contribution >= 4 is 46.6 Å². The first-order valence-corrected chi connectivity index (χ1v) is 8.00. The molecule has 0 atom stereocenters. The Bertz CT molecular complexity index is 816. The van der Waals surface area contributed by atoms with Crippen molar-refractivity contribution < 1.29 is 19.1 Å². The number of imide groups is 1. The molecule has 0 unspecified atom stereocenters. The third kappa shape index (κ3) is 1.95. The number of para-hydroxylation sites is 2. The lowest BCUT2D eigenvalue weighted by Gasteiger charge is -2.49. The fraction of sp³-hybridized carbons (Fsp3) is 0.125. The van der Waals surface area contributed by atoms with Crippen LogP contribution >= 0.6 is 34.8 Å². The molecular weight excluding hydrogens is 377 g/mol. The molecule has 2 aromatic carbocycles. The van der Waals surface area contributed by atoms with E-state index in [1.807, 2.05) is 0 Å². The minimum Gasteiger partial charge on any atom is -0.431 e. The van der Waals surface area contributed by atoms with Gasteiger partial charge in [0.1, 0.15) is 11.5 Å². The Morgan fingerprint density at radius 2 is 1.21 bits per heavy atom. The lowest BCUT2D eigenvalue weighted by Crippen LogP contribution is -2.72. The summed E-state index contributed by atoms with van der Waals surface area (Å²) in [4.78, 5) is 26.5. The molecular formula is C16H8Cl3NO4. The zero-order valence-corrected chi connectivity index (χ0v) is 14.1. The highest BCUT2D eigenvalue weighted by Gasteiger charge is 2.67. The number of carbonyl (C=O) groups excluding carboxylic acids is 2. The monoisotopic (exact) mass is 383 g/mol. The Balaban J connectivity index is 1.99. The van der Waals surface area contributed by atoms with E-state index < -0.39 is 21.5 Å². The van der Waals surface area contributed by atoms with Crippen LogP contribution in [0.1, 0.15) is 20.7 Å². The molecule has 0 radical (unpaired) electrons. The van der Waals surface area contributed by atoms with Crippen molar-refractivity contribution in [2.75, 3.05) is 0 Å². The standard InChI is InChI=1S/C16H8Cl3NO4/c17-15(18,19)16-20(13(21)9-5-1-3-7-11(9)23-16)14(22)10-6-2-4-8-12(10)24-16/h1-8H. The van der Waals surface area contributed by atoms with E-state index in [1.165, 1.54) is 24.3 Å². The number of rotatable bonds is 0. The van der Waals surface area contributed by atoms with Crippen LogP contribution in [0.2, 0.25) is 0 Å². The van der Waals surface area contributed by atoms with Crippen LogP contribution < -0.4 is 9.47 Å². The summed E-state index contributed by atoms with van der Waals surface area (Å²) in [5.74, 6) is -3.23. The minimum absolute atomic E-state index is 0.164. The molecule has 122 valence electrons. The van der Waals surface area contributed by atoms with Crippen LogP contribution in [-0.2, 0) is 0 Å². The van der Waals surface area contributed by atoms with Crippen molar-refractivity contribution in [2.24, 2.45) is 0 Å². The Morgan fingerprint density at radius 3 is 1.62 bits per heavy atom. The molecule has 24 heavy (non-hydrogen) atoms. The van der Waals surface area contributed by atoms with Gasteiger partial charge in [0.2, 0.25) is 0 Å². The Labute approximate surface area is 151 Å². The van der Waals surface area contributed by atoms with Crippen LogP contribution in [-0.4, -0.2) is 26.4 Å². The molecule has 2 heterocycles. The van der Waals surface area contributed by atoms with Gasteiger partial charge in [-0.15, -0.1) is 0 Å². The molecule has 8 heteroatoms. The number of fused-ring (bicyclic) bond motifs is 3. The van der Waals surface area contributed by atoms with Gasteiger partial charge in [-0.05, 0) is 24.3 Å². The predicted molar refractivity (Wildman–Crippen MR) is 87.7 cm³/mol. The number of nitrogens with zero attached hydrogens (tertiary/aromatic N) is 1. The molecule has 0 saturated heterocycles. The quantitative estimate of drug-likeness (QED) is 0.512. The largest absolute Gasteiger partial charge is 0.431 e. The highest BCUT2D eigenvalue weighted by atomic mass is 35.6. The highest BCUT2D eigenvalue weighted by Crippen LogP contribution is 2.51. The van der Waals surface area contributed by atoms with Gasteiger partial charge in [-0.1, -0.05) is 59.1 Å². The molecule has 0 saturated carbocycles. The number of carbonyl (C=O) groups is 2. The zero-order chi connectivity index (χ0) is 17.1. The second-order valence-electron chi connectivity index (χ2n) is 5.22. The van der Waals surface area contributed by atoms with Gasteiger partial charge in [0, 0.05) is 0 Å². The zero-order valence-electron chi connectivity index (χ0n) is 11.8. The lowest BCUT2D eigenvalue weighted by molar-refractivity contribution is -0.196. The number of hydrogen-bond donors (Lipinski definition) is 0. The summed E-state index contributed by atoms with van der Waals surface area (Å²) in [7, 11) is 0. The summed E-state index contributed by atoms with van der Waals surface area (Å²) in [6.45, 7) is 0. The van der Waals surface area contributed by atoms with E-state index in [0.29, 0.717) is 4.90 Å². The molecule has 0 N–H and O–H groups in total. The first-order chi connectivity index (χ1) is 11.3. The molecule has 2 aromatic rings. The van der Waals surface area contributed by atoms with Crippen molar-refractivity contribution in [1.29, 1.82) is 0 Å². The van der Waals surface area contributed by atoms with Crippen LogP contribution in [0.5, 0.6) is 11.5 Å². The number of halogens is 3. The van der Waals surface area contributed by atoms with Gasteiger partial charge in [-0.2, -0.15) is 4.90 Å². The minimum atomic E-state index is -2.25. The van der Waals surface area contributed by atoms with E-state index in [0.717, 1.165) is 0 Å². The van der Waals surface area contributed by atoms with E-state index >= 15 is 0 Å². The normalized spacial score (nSPS) is 18.0. The van der Waals surface area contributed by atoms with E-state index in [4.69, 9.17) is 44.3 Å². The molecule has 2 aliphatic heterocycles. The molecule has 0 fully saturated rings. The van der Waals surface area contributed by atoms with Crippen molar-refractivity contribution in [1.82, 2.24) is 4.90 Å². The molecule has 0 bridgehead atoms. The Morgan fingerprint density at radius 1 is 0.792 bits per heavy atom. The van der Waals surface area contributed by atoms with Crippen LogP contribution in [0.15, 0.2) is 48.5 Å². The first kappa shape index (κ1) is 15.6. The summed E-state index contributed by atoms with van der Waals surface area (Å²) in [6.07, 6.45) is 0. The molecule has 2 amide bonds. The lowest BCUT2D eigenvalue weighted by atomic mass is 10.1. The van der Waals surface area contributed by atoms with Crippen LogP contribution in [0.3, 0.4) is 0 Å². The van der Waals surface area contributed by atoms with E-state index in [-0.39, 0.29) is 22.6 Å². The highest BCUT2D eigenvalue weighted by molar-refractivity contribution is 6.68. The number of alkyl halides is 3. The van der Waals surface area contributed by atoms with Gasteiger partial charge in [0.25, 0.3) is 15.6 Å². The van der Waals surface area contributed by atoms with E-state index in [1.54, 1.807) is 24.3 Å². The summed E-state index contributed by atoms with van der Waals surface area (Å²) < 4.78 is 9.25. The first-order valence-electron chi connectivity index (χ1n) is 6.87. The summed E-state index contributed by atoms with van der Waals surface area (Å²) in [5, 5.41) is 0. The molecule has 0 spiro atoms. The molecule has 0 aliphatic carbocycles. The van der Waals surface area contributed by atoms with E-state index in [2.05, 4.69) is 0 Å². The topological polar surface area (TPSA) is 55.8 Å². The van der Waals surface area contributed by atoms with E-state index in [9.17, 15) is 9.59 Å². The number of amides is 2. The maximum atomic E-state index is 12.9. The molecule has 5 nitrogen and oxygen atoms in total. The number of ether oxygens (including phenoxy) is 2. The van der Waals surface area contributed by atoms with Gasteiger partial charge in [0.15, 0.2) is 0 Å².